The van der Waals surface area contributed by atoms with E-state index in [0.29, 0.717) is 5.41 Å². The van der Waals surface area contributed by atoms with Crippen LogP contribution in [0, 0.1) is 5.41 Å². The first-order valence-electron chi connectivity index (χ1n) is 7.23. The van der Waals surface area contributed by atoms with Crippen LogP contribution in [0.1, 0.15) is 52.9 Å². The Labute approximate surface area is 106 Å². The zero-order valence-electron chi connectivity index (χ0n) is 11.8. The molecule has 1 saturated heterocycles. The lowest BCUT2D eigenvalue weighted by Crippen LogP contribution is -2.53. The summed E-state index contributed by atoms with van der Waals surface area (Å²) in [7, 11) is 0. The molecule has 3 N–H and O–H groups in total. The maximum Gasteiger partial charge on any atom is 0.0601 e. The maximum atomic E-state index is 9.50. The second-order valence-corrected chi connectivity index (χ2v) is 5.57. The first kappa shape index (κ1) is 14.9. The molecule has 0 radical (unpaired) electrons. The standard InChI is InChI=1S/C14H30N2O/c1-4-12(15)13(11-17)16-9-7-14(5-2,6-3)8-10-16/h12-13,17H,4-11,15H2,1-3H3. The van der Waals surface area contributed by atoms with E-state index < -0.39 is 0 Å². The summed E-state index contributed by atoms with van der Waals surface area (Å²) in [5.41, 5.74) is 6.64. The van der Waals surface area contributed by atoms with E-state index in [9.17, 15) is 5.11 Å². The molecule has 1 aliphatic heterocycles. The van der Waals surface area contributed by atoms with E-state index in [1.54, 1.807) is 0 Å². The van der Waals surface area contributed by atoms with E-state index in [1.807, 2.05) is 0 Å². The van der Waals surface area contributed by atoms with Gasteiger partial charge < -0.3 is 10.8 Å². The van der Waals surface area contributed by atoms with Gasteiger partial charge in [0.1, 0.15) is 0 Å². The summed E-state index contributed by atoms with van der Waals surface area (Å²) in [6.07, 6.45) is 6.01. The van der Waals surface area contributed by atoms with Crippen molar-refractivity contribution in [2.45, 2.75) is 65.0 Å². The molecule has 2 atom stereocenters. The van der Waals surface area contributed by atoms with E-state index in [2.05, 4.69) is 25.7 Å². The Hall–Kier alpha value is -0.120. The van der Waals surface area contributed by atoms with Crippen molar-refractivity contribution in [1.29, 1.82) is 0 Å². The number of nitrogens with zero attached hydrogens (tertiary/aromatic N) is 1. The molecule has 0 aromatic heterocycles. The second-order valence-electron chi connectivity index (χ2n) is 5.57. The van der Waals surface area contributed by atoms with Crippen molar-refractivity contribution >= 4 is 0 Å². The number of hydrogen-bond acceptors (Lipinski definition) is 3. The van der Waals surface area contributed by atoms with Gasteiger partial charge >= 0.3 is 0 Å². The van der Waals surface area contributed by atoms with Crippen LogP contribution in [0.4, 0.5) is 0 Å². The van der Waals surface area contributed by atoms with Gasteiger partial charge in [-0.05, 0) is 37.8 Å². The van der Waals surface area contributed by atoms with Gasteiger partial charge in [-0.25, -0.2) is 0 Å². The van der Waals surface area contributed by atoms with Gasteiger partial charge in [0.25, 0.3) is 0 Å². The van der Waals surface area contributed by atoms with Crippen molar-refractivity contribution in [3.8, 4) is 0 Å². The van der Waals surface area contributed by atoms with Crippen molar-refractivity contribution in [2.75, 3.05) is 19.7 Å². The summed E-state index contributed by atoms with van der Waals surface area (Å²) in [6.45, 7) is 9.10. The van der Waals surface area contributed by atoms with Crippen LogP contribution in [-0.2, 0) is 0 Å². The zero-order chi connectivity index (χ0) is 12.9. The predicted molar refractivity (Wildman–Crippen MR) is 73.0 cm³/mol. The minimum atomic E-state index is 0.107. The van der Waals surface area contributed by atoms with Crippen LogP contribution < -0.4 is 5.73 Å². The van der Waals surface area contributed by atoms with Crippen molar-refractivity contribution in [3.63, 3.8) is 0 Å². The number of likely N-dealkylation sites (tertiary alicyclic amines) is 1. The number of rotatable bonds is 6. The highest BCUT2D eigenvalue weighted by Gasteiger charge is 2.34. The summed E-state index contributed by atoms with van der Waals surface area (Å²) in [4.78, 5) is 2.40. The fourth-order valence-corrected chi connectivity index (χ4v) is 3.08. The van der Waals surface area contributed by atoms with E-state index >= 15 is 0 Å². The largest absolute Gasteiger partial charge is 0.395 e. The van der Waals surface area contributed by atoms with Crippen LogP contribution in [0.25, 0.3) is 0 Å². The van der Waals surface area contributed by atoms with Gasteiger partial charge in [-0.2, -0.15) is 0 Å². The Bertz CT molecular complexity index is 206. The molecular weight excluding hydrogens is 212 g/mol. The number of nitrogens with two attached hydrogens (primary N) is 1. The minimum Gasteiger partial charge on any atom is -0.395 e. The Morgan fingerprint density at radius 1 is 1.18 bits per heavy atom. The summed E-state index contributed by atoms with van der Waals surface area (Å²) < 4.78 is 0. The van der Waals surface area contributed by atoms with E-state index in [-0.39, 0.29) is 18.7 Å². The van der Waals surface area contributed by atoms with Gasteiger partial charge in [0.15, 0.2) is 0 Å². The molecule has 3 nitrogen and oxygen atoms in total. The van der Waals surface area contributed by atoms with Gasteiger partial charge in [-0.3, -0.25) is 4.90 Å². The van der Waals surface area contributed by atoms with Crippen molar-refractivity contribution in [2.24, 2.45) is 11.1 Å². The third-order valence-electron chi connectivity index (χ3n) is 4.98. The van der Waals surface area contributed by atoms with Gasteiger partial charge in [-0.15, -0.1) is 0 Å². The highest BCUT2D eigenvalue weighted by Crippen LogP contribution is 2.38. The average molecular weight is 242 g/mol. The average Bonchev–Trinajstić information content (AvgIpc) is 2.40. The Balaban J connectivity index is 2.55. The summed E-state index contributed by atoms with van der Waals surface area (Å²) in [5.74, 6) is 0. The van der Waals surface area contributed by atoms with Crippen LogP contribution in [0.3, 0.4) is 0 Å². The van der Waals surface area contributed by atoms with Gasteiger partial charge in [0.2, 0.25) is 0 Å². The predicted octanol–water partition coefficient (Wildman–Crippen LogP) is 1.99. The van der Waals surface area contributed by atoms with Gasteiger partial charge in [-0.1, -0.05) is 33.6 Å². The van der Waals surface area contributed by atoms with Crippen LogP contribution >= 0.6 is 0 Å². The van der Waals surface area contributed by atoms with Gasteiger partial charge in [0.05, 0.1) is 6.61 Å². The lowest BCUT2D eigenvalue weighted by molar-refractivity contribution is 0.0331. The lowest BCUT2D eigenvalue weighted by atomic mass is 9.74. The molecule has 1 aliphatic rings. The van der Waals surface area contributed by atoms with E-state index in [0.717, 1.165) is 19.5 Å². The van der Waals surface area contributed by atoms with E-state index in [4.69, 9.17) is 5.73 Å². The molecule has 102 valence electrons. The van der Waals surface area contributed by atoms with Crippen LogP contribution in [0.5, 0.6) is 0 Å². The summed E-state index contributed by atoms with van der Waals surface area (Å²) in [6, 6.07) is 0.266. The smallest absolute Gasteiger partial charge is 0.0601 e. The molecule has 3 heteroatoms. The molecule has 17 heavy (non-hydrogen) atoms. The molecular formula is C14H30N2O. The summed E-state index contributed by atoms with van der Waals surface area (Å²) >= 11 is 0. The Morgan fingerprint density at radius 3 is 2.06 bits per heavy atom. The molecule has 1 rings (SSSR count). The van der Waals surface area contributed by atoms with E-state index in [1.165, 1.54) is 25.7 Å². The monoisotopic (exact) mass is 242 g/mol. The highest BCUT2D eigenvalue weighted by atomic mass is 16.3. The van der Waals surface area contributed by atoms with Crippen molar-refractivity contribution < 1.29 is 5.11 Å². The highest BCUT2D eigenvalue weighted by molar-refractivity contribution is 4.89. The maximum absolute atomic E-state index is 9.50. The van der Waals surface area contributed by atoms with Crippen LogP contribution in [-0.4, -0.2) is 41.8 Å². The number of piperidine rings is 1. The lowest BCUT2D eigenvalue weighted by Gasteiger charge is -2.44. The molecule has 0 amide bonds. The second kappa shape index (κ2) is 6.72. The molecule has 1 heterocycles. The molecule has 0 aromatic rings. The molecule has 0 aliphatic carbocycles. The molecule has 1 fully saturated rings. The summed E-state index contributed by atoms with van der Waals surface area (Å²) in [5, 5.41) is 9.50. The number of aliphatic hydroxyl groups is 1. The molecule has 0 bridgehead atoms. The molecule has 0 spiro atoms. The molecule has 0 aromatic carbocycles. The van der Waals surface area contributed by atoms with Crippen molar-refractivity contribution in [1.82, 2.24) is 4.90 Å². The third-order valence-corrected chi connectivity index (χ3v) is 4.98. The first-order chi connectivity index (χ1) is 8.12. The topological polar surface area (TPSA) is 49.5 Å². The molecule has 2 unspecified atom stereocenters. The number of hydrogen-bond donors (Lipinski definition) is 2. The van der Waals surface area contributed by atoms with Crippen molar-refractivity contribution in [3.05, 3.63) is 0 Å². The first-order valence-corrected chi connectivity index (χ1v) is 7.23. The van der Waals surface area contributed by atoms with Gasteiger partial charge in [0, 0.05) is 12.1 Å². The van der Waals surface area contributed by atoms with Crippen LogP contribution in [0.15, 0.2) is 0 Å². The Morgan fingerprint density at radius 2 is 1.71 bits per heavy atom. The Kier molecular flexibility index (Phi) is 5.90. The zero-order valence-corrected chi connectivity index (χ0v) is 11.8. The third kappa shape index (κ3) is 3.43. The van der Waals surface area contributed by atoms with Crippen LogP contribution in [0.2, 0.25) is 0 Å². The minimum absolute atomic E-state index is 0.107. The fraction of sp³-hybridized carbons (Fsp3) is 1.00. The molecule has 0 saturated carbocycles. The number of aliphatic hydroxyl groups excluding tert-OH is 1. The SMILES string of the molecule is CCC(N)C(CO)N1CCC(CC)(CC)CC1. The normalized spacial score (nSPS) is 24.5. The fourth-order valence-electron chi connectivity index (χ4n) is 3.08. The quantitative estimate of drug-likeness (QED) is 0.749.